The van der Waals surface area contributed by atoms with E-state index in [-0.39, 0.29) is 28.9 Å². The molecule has 0 saturated carbocycles. The molecule has 32 heavy (non-hydrogen) atoms. The van der Waals surface area contributed by atoms with E-state index in [1.54, 1.807) is 30.3 Å². The molecule has 0 aliphatic carbocycles. The lowest BCUT2D eigenvalue weighted by Crippen LogP contribution is -2.33. The summed E-state index contributed by atoms with van der Waals surface area (Å²) >= 11 is 0. The molecule has 0 fully saturated rings. The minimum atomic E-state index is -3.81. The van der Waals surface area contributed by atoms with Crippen LogP contribution in [0, 0.1) is 5.92 Å². The quantitative estimate of drug-likeness (QED) is 0.432. The Morgan fingerprint density at radius 3 is 2.19 bits per heavy atom. The van der Waals surface area contributed by atoms with Crippen molar-refractivity contribution in [1.29, 1.82) is 0 Å². The maximum Gasteiger partial charge on any atom is 0.306 e. The third-order valence-corrected chi connectivity index (χ3v) is 7.05. The van der Waals surface area contributed by atoms with Crippen molar-refractivity contribution < 1.29 is 25.8 Å². The summed E-state index contributed by atoms with van der Waals surface area (Å²) in [7, 11) is -6.18. The second-order valence-corrected chi connectivity index (χ2v) is 11.5. The van der Waals surface area contributed by atoms with Crippen molar-refractivity contribution >= 4 is 30.9 Å². The van der Waals surface area contributed by atoms with Crippen molar-refractivity contribution in [2.24, 2.45) is 5.92 Å². The first kappa shape index (κ1) is 24.0. The van der Waals surface area contributed by atoms with E-state index in [9.17, 15) is 16.8 Å². The number of hydrogen-bond donors (Lipinski definition) is 0. The van der Waals surface area contributed by atoms with Gasteiger partial charge in [0.25, 0.3) is 0 Å². The van der Waals surface area contributed by atoms with Crippen LogP contribution in [0.4, 0.5) is 0 Å². The molecule has 0 aromatic heterocycles. The lowest BCUT2D eigenvalue weighted by Gasteiger charge is -2.24. The average Bonchev–Trinajstić information content (AvgIpc) is 2.71. The normalized spacial score (nSPS) is 12.4. The minimum Gasteiger partial charge on any atom is -0.493 e. The maximum absolute atomic E-state index is 13.5. The molecule has 0 aliphatic rings. The highest BCUT2D eigenvalue weighted by Gasteiger charge is 2.26. The van der Waals surface area contributed by atoms with Crippen molar-refractivity contribution in [2.45, 2.75) is 25.3 Å². The van der Waals surface area contributed by atoms with Crippen molar-refractivity contribution in [1.82, 2.24) is 4.31 Å². The van der Waals surface area contributed by atoms with Gasteiger partial charge in [-0.1, -0.05) is 50.2 Å². The SMILES string of the molecule is COc1ccc(CN(CC(C)C)S(=O)(=O)c2ccc3ccccc3c2)cc1OS(C)(=O)=O. The van der Waals surface area contributed by atoms with Crippen LogP contribution in [0.1, 0.15) is 19.4 Å². The van der Waals surface area contributed by atoms with E-state index in [4.69, 9.17) is 8.92 Å². The zero-order chi connectivity index (χ0) is 23.5. The molecule has 0 atom stereocenters. The van der Waals surface area contributed by atoms with Crippen LogP contribution in [0.3, 0.4) is 0 Å². The first-order chi connectivity index (χ1) is 15.0. The Bertz CT molecular complexity index is 1320. The van der Waals surface area contributed by atoms with Gasteiger partial charge in [-0.25, -0.2) is 8.42 Å². The Hall–Kier alpha value is -2.62. The number of rotatable bonds is 9. The predicted molar refractivity (Wildman–Crippen MR) is 125 cm³/mol. The Morgan fingerprint density at radius 1 is 0.875 bits per heavy atom. The summed E-state index contributed by atoms with van der Waals surface area (Å²) in [5.41, 5.74) is 0.578. The van der Waals surface area contributed by atoms with Gasteiger partial charge in [-0.15, -0.1) is 0 Å². The smallest absolute Gasteiger partial charge is 0.306 e. The molecule has 0 N–H and O–H groups in total. The van der Waals surface area contributed by atoms with E-state index >= 15 is 0 Å². The fourth-order valence-corrected chi connectivity index (χ4v) is 5.47. The molecule has 172 valence electrons. The van der Waals surface area contributed by atoms with Gasteiger partial charge < -0.3 is 8.92 Å². The van der Waals surface area contributed by atoms with Crippen LogP contribution in [0.2, 0.25) is 0 Å². The number of nitrogens with zero attached hydrogens (tertiary/aromatic N) is 1. The van der Waals surface area contributed by atoms with Crippen LogP contribution in [-0.4, -0.2) is 41.1 Å². The molecule has 7 nitrogen and oxygen atoms in total. The molecule has 0 saturated heterocycles. The summed E-state index contributed by atoms with van der Waals surface area (Å²) in [5.74, 6) is 0.335. The number of fused-ring (bicyclic) bond motifs is 1. The zero-order valence-corrected chi connectivity index (χ0v) is 20.1. The predicted octanol–water partition coefficient (Wildman–Crippen LogP) is 4.03. The van der Waals surface area contributed by atoms with Gasteiger partial charge in [0.1, 0.15) is 0 Å². The van der Waals surface area contributed by atoms with Crippen molar-refractivity contribution in [3.05, 3.63) is 66.2 Å². The van der Waals surface area contributed by atoms with Gasteiger partial charge >= 0.3 is 10.1 Å². The summed E-state index contributed by atoms with van der Waals surface area (Å²) in [6, 6.07) is 17.4. The van der Waals surface area contributed by atoms with Crippen LogP contribution in [0.15, 0.2) is 65.6 Å². The summed E-state index contributed by atoms with van der Waals surface area (Å²) in [6.45, 7) is 4.23. The fourth-order valence-electron chi connectivity index (χ4n) is 3.38. The molecule has 0 heterocycles. The first-order valence-electron chi connectivity index (χ1n) is 10.0. The summed E-state index contributed by atoms with van der Waals surface area (Å²) < 4.78 is 61.9. The van der Waals surface area contributed by atoms with Gasteiger partial charge in [-0.2, -0.15) is 12.7 Å². The average molecular weight is 478 g/mol. The largest absolute Gasteiger partial charge is 0.493 e. The summed E-state index contributed by atoms with van der Waals surface area (Å²) in [6.07, 6.45) is 0.939. The number of hydrogen-bond acceptors (Lipinski definition) is 6. The van der Waals surface area contributed by atoms with Crippen molar-refractivity contribution in [3.8, 4) is 11.5 Å². The molecule has 0 amide bonds. The maximum atomic E-state index is 13.5. The standard InChI is InChI=1S/C23H27NO6S2/c1-17(2)15-24(16-18-9-12-22(29-3)23(13-18)30-31(4,25)26)32(27,28)21-11-10-19-7-5-6-8-20(19)14-21/h5-14,17H,15-16H2,1-4H3. The van der Waals surface area contributed by atoms with Crippen LogP contribution in [-0.2, 0) is 26.7 Å². The summed E-state index contributed by atoms with van der Waals surface area (Å²) in [4.78, 5) is 0.206. The molecule has 9 heteroatoms. The Kier molecular flexibility index (Phi) is 7.12. The molecule has 0 radical (unpaired) electrons. The highest BCUT2D eigenvalue weighted by molar-refractivity contribution is 7.89. The Labute approximate surface area is 189 Å². The number of benzene rings is 3. The highest BCUT2D eigenvalue weighted by Crippen LogP contribution is 2.31. The Morgan fingerprint density at radius 2 is 1.56 bits per heavy atom. The van der Waals surface area contributed by atoms with Gasteiger partial charge in [0.05, 0.1) is 18.3 Å². The van der Waals surface area contributed by atoms with Gasteiger partial charge in [0, 0.05) is 13.1 Å². The third kappa shape index (κ3) is 5.79. The molecule has 3 aromatic rings. The second kappa shape index (κ2) is 9.48. The zero-order valence-electron chi connectivity index (χ0n) is 18.5. The topological polar surface area (TPSA) is 90.0 Å². The van der Waals surface area contributed by atoms with Gasteiger partial charge in [0.15, 0.2) is 11.5 Å². The molecule has 0 spiro atoms. The molecular formula is C23H27NO6S2. The van der Waals surface area contributed by atoms with Crippen LogP contribution >= 0.6 is 0 Å². The first-order valence-corrected chi connectivity index (χ1v) is 13.3. The van der Waals surface area contributed by atoms with E-state index in [1.165, 1.54) is 17.5 Å². The molecule has 3 rings (SSSR count). The number of methoxy groups -OCH3 is 1. The van der Waals surface area contributed by atoms with E-state index in [1.807, 2.05) is 38.1 Å². The van der Waals surface area contributed by atoms with Crippen LogP contribution < -0.4 is 8.92 Å². The highest BCUT2D eigenvalue weighted by atomic mass is 32.2. The van der Waals surface area contributed by atoms with Crippen molar-refractivity contribution in [2.75, 3.05) is 19.9 Å². The molecule has 0 unspecified atom stereocenters. The lowest BCUT2D eigenvalue weighted by atomic mass is 10.1. The van der Waals surface area contributed by atoms with E-state index in [0.717, 1.165) is 17.0 Å². The second-order valence-electron chi connectivity index (χ2n) is 7.97. The van der Waals surface area contributed by atoms with Gasteiger partial charge in [-0.05, 0) is 46.5 Å². The molecule has 0 bridgehead atoms. The monoisotopic (exact) mass is 477 g/mol. The number of ether oxygens (including phenoxy) is 1. The third-order valence-electron chi connectivity index (χ3n) is 4.76. The minimum absolute atomic E-state index is 0.0140. The number of sulfonamides is 1. The van der Waals surface area contributed by atoms with Crippen molar-refractivity contribution in [3.63, 3.8) is 0 Å². The molecule has 3 aromatic carbocycles. The summed E-state index contributed by atoms with van der Waals surface area (Å²) in [5, 5.41) is 1.80. The van der Waals surface area contributed by atoms with Crippen LogP contribution in [0.25, 0.3) is 10.8 Å². The van der Waals surface area contributed by atoms with E-state index in [2.05, 4.69) is 0 Å². The van der Waals surface area contributed by atoms with E-state index < -0.39 is 20.1 Å². The van der Waals surface area contributed by atoms with E-state index in [0.29, 0.717) is 12.1 Å². The van der Waals surface area contributed by atoms with Crippen LogP contribution in [0.5, 0.6) is 11.5 Å². The Balaban J connectivity index is 2.00. The lowest BCUT2D eigenvalue weighted by molar-refractivity contribution is 0.360. The van der Waals surface area contributed by atoms with Gasteiger partial charge in [-0.3, -0.25) is 0 Å². The molecular weight excluding hydrogens is 450 g/mol. The van der Waals surface area contributed by atoms with Gasteiger partial charge in [0.2, 0.25) is 10.0 Å². The molecule has 0 aliphatic heterocycles. The fraction of sp³-hybridized carbons (Fsp3) is 0.304.